The zero-order valence-electron chi connectivity index (χ0n) is 7.57. The molecule has 0 saturated carbocycles. The molecule has 0 atom stereocenters. The molecule has 5 heteroatoms. The van der Waals surface area contributed by atoms with Crippen LogP contribution in [0.4, 0.5) is 4.39 Å². The van der Waals surface area contributed by atoms with Crippen LogP contribution in [0, 0.1) is 5.82 Å². The Bertz CT molecular complexity index is 528. The van der Waals surface area contributed by atoms with Crippen molar-refractivity contribution in [1.29, 1.82) is 0 Å². The molecule has 76 valence electrons. The number of carbonyl (C=O) groups is 1. The van der Waals surface area contributed by atoms with Crippen LogP contribution in [-0.2, 0) is 0 Å². The SMILES string of the molecule is O=C(NO)c1ccc2cccc(F)c2n1. The minimum atomic E-state index is -0.764. The topological polar surface area (TPSA) is 62.2 Å². The zero-order chi connectivity index (χ0) is 10.8. The number of amides is 1. The molecule has 15 heavy (non-hydrogen) atoms. The van der Waals surface area contributed by atoms with E-state index in [1.54, 1.807) is 18.2 Å². The van der Waals surface area contributed by atoms with Crippen LogP contribution in [0.25, 0.3) is 10.9 Å². The number of halogens is 1. The molecule has 2 aromatic rings. The van der Waals surface area contributed by atoms with E-state index in [4.69, 9.17) is 5.21 Å². The van der Waals surface area contributed by atoms with Crippen molar-refractivity contribution in [3.63, 3.8) is 0 Å². The molecule has 0 aliphatic carbocycles. The molecular weight excluding hydrogens is 199 g/mol. The standard InChI is InChI=1S/C10H7FN2O2/c11-7-3-1-2-6-4-5-8(10(14)13-15)12-9(6)7/h1-5,15H,(H,13,14). The quantitative estimate of drug-likeness (QED) is 0.549. The highest BCUT2D eigenvalue weighted by molar-refractivity contribution is 5.94. The van der Waals surface area contributed by atoms with Crippen molar-refractivity contribution in [3.8, 4) is 0 Å². The van der Waals surface area contributed by atoms with Crippen LogP contribution >= 0.6 is 0 Å². The predicted octanol–water partition coefficient (Wildman–Crippen LogP) is 1.49. The summed E-state index contributed by atoms with van der Waals surface area (Å²) in [6, 6.07) is 7.48. The van der Waals surface area contributed by atoms with Crippen LogP contribution in [0.1, 0.15) is 10.5 Å². The Morgan fingerprint density at radius 1 is 1.33 bits per heavy atom. The molecule has 0 aliphatic heterocycles. The van der Waals surface area contributed by atoms with Gasteiger partial charge in [-0.3, -0.25) is 10.0 Å². The van der Waals surface area contributed by atoms with Crippen molar-refractivity contribution < 1.29 is 14.4 Å². The van der Waals surface area contributed by atoms with E-state index in [0.717, 1.165) is 0 Å². The number of rotatable bonds is 1. The highest BCUT2D eigenvalue weighted by atomic mass is 19.1. The third-order valence-electron chi connectivity index (χ3n) is 2.01. The molecule has 1 aromatic carbocycles. The van der Waals surface area contributed by atoms with Gasteiger partial charge in [0.1, 0.15) is 17.0 Å². The fourth-order valence-corrected chi connectivity index (χ4v) is 1.29. The minimum Gasteiger partial charge on any atom is -0.288 e. The van der Waals surface area contributed by atoms with Crippen LogP contribution in [-0.4, -0.2) is 16.1 Å². The van der Waals surface area contributed by atoms with Crippen molar-refractivity contribution in [2.45, 2.75) is 0 Å². The lowest BCUT2D eigenvalue weighted by molar-refractivity contribution is 0.0701. The van der Waals surface area contributed by atoms with Gasteiger partial charge in [-0.25, -0.2) is 14.9 Å². The van der Waals surface area contributed by atoms with E-state index >= 15 is 0 Å². The summed E-state index contributed by atoms with van der Waals surface area (Å²) in [5.41, 5.74) is 1.52. The Morgan fingerprint density at radius 2 is 2.13 bits per heavy atom. The Hall–Kier alpha value is -2.01. The first-order valence-electron chi connectivity index (χ1n) is 4.22. The van der Waals surface area contributed by atoms with Gasteiger partial charge in [-0.05, 0) is 12.1 Å². The molecule has 1 aromatic heterocycles. The molecular formula is C10H7FN2O2. The van der Waals surface area contributed by atoms with E-state index in [9.17, 15) is 9.18 Å². The predicted molar refractivity (Wildman–Crippen MR) is 51.0 cm³/mol. The van der Waals surface area contributed by atoms with Gasteiger partial charge in [-0.15, -0.1) is 0 Å². The summed E-state index contributed by atoms with van der Waals surface area (Å²) in [6.07, 6.45) is 0. The second kappa shape index (κ2) is 3.62. The third-order valence-corrected chi connectivity index (χ3v) is 2.01. The Balaban J connectivity index is 2.64. The van der Waals surface area contributed by atoms with Crippen LogP contribution in [0.2, 0.25) is 0 Å². The molecule has 1 amide bonds. The number of hydroxylamine groups is 1. The number of benzene rings is 1. The van der Waals surface area contributed by atoms with E-state index in [0.29, 0.717) is 5.39 Å². The second-order valence-corrected chi connectivity index (χ2v) is 2.95. The summed E-state index contributed by atoms with van der Waals surface area (Å²) in [6.45, 7) is 0. The molecule has 0 fully saturated rings. The molecule has 4 nitrogen and oxygen atoms in total. The smallest absolute Gasteiger partial charge is 0.288 e. The van der Waals surface area contributed by atoms with Crippen molar-refractivity contribution in [1.82, 2.24) is 10.5 Å². The number of hydrogen-bond acceptors (Lipinski definition) is 3. The highest BCUT2D eigenvalue weighted by Crippen LogP contribution is 2.15. The number of fused-ring (bicyclic) bond motifs is 1. The van der Waals surface area contributed by atoms with Crippen molar-refractivity contribution >= 4 is 16.8 Å². The highest BCUT2D eigenvalue weighted by Gasteiger charge is 2.08. The average molecular weight is 206 g/mol. The minimum absolute atomic E-state index is 0.0323. The Morgan fingerprint density at radius 3 is 2.87 bits per heavy atom. The molecule has 1 heterocycles. The first-order chi connectivity index (χ1) is 7.22. The third kappa shape index (κ3) is 1.64. The number of carbonyl (C=O) groups excluding carboxylic acids is 1. The van der Waals surface area contributed by atoms with E-state index in [1.165, 1.54) is 17.6 Å². The average Bonchev–Trinajstić information content (AvgIpc) is 2.28. The molecule has 0 unspecified atom stereocenters. The molecule has 0 saturated heterocycles. The van der Waals surface area contributed by atoms with Gasteiger partial charge in [0.05, 0.1) is 0 Å². The van der Waals surface area contributed by atoms with Gasteiger partial charge in [-0.2, -0.15) is 0 Å². The van der Waals surface area contributed by atoms with Crippen LogP contribution < -0.4 is 5.48 Å². The van der Waals surface area contributed by atoms with Crippen LogP contribution in [0.3, 0.4) is 0 Å². The van der Waals surface area contributed by atoms with E-state index < -0.39 is 11.7 Å². The van der Waals surface area contributed by atoms with E-state index in [1.807, 2.05) is 0 Å². The monoisotopic (exact) mass is 206 g/mol. The summed E-state index contributed by atoms with van der Waals surface area (Å²) in [4.78, 5) is 14.8. The maximum Gasteiger partial charge on any atom is 0.293 e. The number of pyridine rings is 1. The van der Waals surface area contributed by atoms with Gasteiger partial charge in [0.15, 0.2) is 0 Å². The molecule has 0 aliphatic rings. The zero-order valence-corrected chi connectivity index (χ0v) is 7.57. The maximum absolute atomic E-state index is 13.3. The van der Waals surface area contributed by atoms with Crippen LogP contribution in [0.15, 0.2) is 30.3 Å². The van der Waals surface area contributed by atoms with Gasteiger partial charge in [0, 0.05) is 5.39 Å². The normalized spacial score (nSPS) is 10.3. The van der Waals surface area contributed by atoms with Crippen molar-refractivity contribution in [3.05, 3.63) is 41.8 Å². The largest absolute Gasteiger partial charge is 0.293 e. The maximum atomic E-state index is 13.3. The number of para-hydroxylation sites is 1. The summed E-state index contributed by atoms with van der Waals surface area (Å²) in [5, 5.41) is 9.00. The molecule has 0 spiro atoms. The van der Waals surface area contributed by atoms with Crippen molar-refractivity contribution in [2.75, 3.05) is 0 Å². The second-order valence-electron chi connectivity index (χ2n) is 2.95. The molecule has 0 bridgehead atoms. The van der Waals surface area contributed by atoms with Gasteiger partial charge in [0.25, 0.3) is 5.91 Å². The first-order valence-corrected chi connectivity index (χ1v) is 4.22. The van der Waals surface area contributed by atoms with Gasteiger partial charge in [0.2, 0.25) is 0 Å². The lowest BCUT2D eigenvalue weighted by atomic mass is 10.2. The fraction of sp³-hybridized carbons (Fsp3) is 0. The van der Waals surface area contributed by atoms with E-state index in [2.05, 4.69) is 4.98 Å². The van der Waals surface area contributed by atoms with Crippen molar-refractivity contribution in [2.24, 2.45) is 0 Å². The molecule has 0 radical (unpaired) electrons. The lowest BCUT2D eigenvalue weighted by Crippen LogP contribution is -2.19. The molecule has 2 rings (SSSR count). The Kier molecular flexibility index (Phi) is 2.31. The summed E-state index contributed by atoms with van der Waals surface area (Å²) >= 11 is 0. The summed E-state index contributed by atoms with van der Waals surface area (Å²) in [7, 11) is 0. The van der Waals surface area contributed by atoms with Gasteiger partial charge in [-0.1, -0.05) is 18.2 Å². The first kappa shape index (κ1) is 9.54. The van der Waals surface area contributed by atoms with Gasteiger partial charge >= 0.3 is 0 Å². The fourth-order valence-electron chi connectivity index (χ4n) is 1.29. The number of nitrogens with one attached hydrogen (secondary N) is 1. The summed E-state index contributed by atoms with van der Waals surface area (Å²) in [5.74, 6) is -1.26. The number of hydrogen-bond donors (Lipinski definition) is 2. The Labute approximate surface area is 84.3 Å². The summed E-state index contributed by atoms with van der Waals surface area (Å²) < 4.78 is 13.3. The van der Waals surface area contributed by atoms with E-state index in [-0.39, 0.29) is 11.2 Å². The van der Waals surface area contributed by atoms with Crippen LogP contribution in [0.5, 0.6) is 0 Å². The number of nitrogens with zero attached hydrogens (tertiary/aromatic N) is 1. The number of aromatic nitrogens is 1. The lowest BCUT2D eigenvalue weighted by Gasteiger charge is -2.01. The van der Waals surface area contributed by atoms with Gasteiger partial charge < -0.3 is 0 Å². The molecule has 2 N–H and O–H groups in total.